The number of carbonyl (C=O) groups is 2. The van der Waals surface area contributed by atoms with Crippen LogP contribution in [-0.4, -0.2) is 36.7 Å². The normalized spacial score (nSPS) is 17.8. The zero-order chi connectivity index (χ0) is 12.7. The van der Waals surface area contributed by atoms with Gasteiger partial charge in [0.15, 0.2) is 6.10 Å². The first-order valence-electron chi connectivity index (χ1n) is 6.16. The number of aliphatic hydroxyl groups excluding tert-OH is 1. The van der Waals surface area contributed by atoms with Gasteiger partial charge in [-0.15, -0.1) is 0 Å². The second kappa shape index (κ2) is 7.27. The second-order valence-corrected chi connectivity index (χ2v) is 4.53. The fourth-order valence-electron chi connectivity index (χ4n) is 2.15. The third-order valence-corrected chi connectivity index (χ3v) is 3.22. The number of nitrogens with one attached hydrogen (secondary N) is 1. The molecule has 0 saturated heterocycles. The van der Waals surface area contributed by atoms with Gasteiger partial charge in [0.25, 0.3) is 0 Å². The van der Waals surface area contributed by atoms with Crippen molar-refractivity contribution in [1.82, 2.24) is 5.32 Å². The van der Waals surface area contributed by atoms with Gasteiger partial charge in [0, 0.05) is 6.42 Å². The molecule has 1 rings (SSSR count). The zero-order valence-corrected chi connectivity index (χ0v) is 10.3. The van der Waals surface area contributed by atoms with E-state index in [0.29, 0.717) is 12.3 Å². The van der Waals surface area contributed by atoms with E-state index in [4.69, 9.17) is 0 Å². The highest BCUT2D eigenvalue weighted by Gasteiger charge is 2.18. The number of aliphatic hydroxyl groups is 1. The average Bonchev–Trinajstić information content (AvgIpc) is 2.85. The maximum atomic E-state index is 11.4. The number of hydrogen-bond acceptors (Lipinski definition) is 4. The van der Waals surface area contributed by atoms with Gasteiger partial charge >= 0.3 is 5.97 Å². The molecule has 1 saturated carbocycles. The fourth-order valence-corrected chi connectivity index (χ4v) is 2.15. The van der Waals surface area contributed by atoms with Crippen molar-refractivity contribution in [3.63, 3.8) is 0 Å². The Labute approximate surface area is 102 Å². The molecule has 0 bridgehead atoms. The number of amides is 1. The molecule has 17 heavy (non-hydrogen) atoms. The smallest absolute Gasteiger partial charge is 0.336 e. The Morgan fingerprint density at radius 1 is 1.41 bits per heavy atom. The summed E-state index contributed by atoms with van der Waals surface area (Å²) in [6, 6.07) is 0. The molecule has 2 N–H and O–H groups in total. The SMILES string of the molecule is COC(=O)C(O)CNC(=O)CCC1CCCC1. The lowest BCUT2D eigenvalue weighted by molar-refractivity contribution is -0.150. The predicted octanol–water partition coefficient (Wildman–Crippen LogP) is 0.607. The molecule has 0 aromatic carbocycles. The summed E-state index contributed by atoms with van der Waals surface area (Å²) >= 11 is 0. The third-order valence-electron chi connectivity index (χ3n) is 3.22. The molecular formula is C12H21NO4. The Balaban J connectivity index is 2.10. The van der Waals surface area contributed by atoms with Crippen LogP contribution in [0.1, 0.15) is 38.5 Å². The van der Waals surface area contributed by atoms with Crippen LogP contribution < -0.4 is 5.32 Å². The number of esters is 1. The van der Waals surface area contributed by atoms with Crippen molar-refractivity contribution in [3.8, 4) is 0 Å². The van der Waals surface area contributed by atoms with Crippen LogP contribution in [0.5, 0.6) is 0 Å². The van der Waals surface area contributed by atoms with E-state index in [1.165, 1.54) is 32.8 Å². The number of rotatable bonds is 6. The van der Waals surface area contributed by atoms with E-state index in [0.717, 1.165) is 6.42 Å². The molecule has 0 spiro atoms. The average molecular weight is 243 g/mol. The highest BCUT2D eigenvalue weighted by Crippen LogP contribution is 2.28. The summed E-state index contributed by atoms with van der Waals surface area (Å²) in [6.45, 7) is -0.0732. The predicted molar refractivity (Wildman–Crippen MR) is 62.2 cm³/mol. The largest absolute Gasteiger partial charge is 0.467 e. The molecule has 1 atom stereocenters. The van der Waals surface area contributed by atoms with Crippen molar-refractivity contribution < 1.29 is 19.4 Å². The summed E-state index contributed by atoms with van der Waals surface area (Å²) < 4.78 is 4.35. The van der Waals surface area contributed by atoms with Crippen LogP contribution in [0.4, 0.5) is 0 Å². The van der Waals surface area contributed by atoms with Crippen LogP contribution in [0.25, 0.3) is 0 Å². The molecular weight excluding hydrogens is 222 g/mol. The van der Waals surface area contributed by atoms with E-state index >= 15 is 0 Å². The van der Waals surface area contributed by atoms with Gasteiger partial charge < -0.3 is 15.2 Å². The minimum atomic E-state index is -1.27. The fraction of sp³-hybridized carbons (Fsp3) is 0.833. The quantitative estimate of drug-likeness (QED) is 0.670. The molecule has 0 radical (unpaired) electrons. The molecule has 1 aliphatic carbocycles. The van der Waals surface area contributed by atoms with Crippen molar-refractivity contribution in [1.29, 1.82) is 0 Å². The molecule has 1 unspecified atom stereocenters. The van der Waals surface area contributed by atoms with Gasteiger partial charge in [-0.1, -0.05) is 25.7 Å². The van der Waals surface area contributed by atoms with E-state index in [1.807, 2.05) is 0 Å². The van der Waals surface area contributed by atoms with Gasteiger partial charge in [-0.05, 0) is 12.3 Å². The lowest BCUT2D eigenvalue weighted by Crippen LogP contribution is -2.37. The monoisotopic (exact) mass is 243 g/mol. The van der Waals surface area contributed by atoms with E-state index in [2.05, 4.69) is 10.1 Å². The molecule has 0 heterocycles. The van der Waals surface area contributed by atoms with Crippen LogP contribution in [-0.2, 0) is 14.3 Å². The van der Waals surface area contributed by atoms with Crippen LogP contribution in [0, 0.1) is 5.92 Å². The Morgan fingerprint density at radius 3 is 2.65 bits per heavy atom. The molecule has 1 amide bonds. The van der Waals surface area contributed by atoms with Gasteiger partial charge in [0.1, 0.15) is 0 Å². The van der Waals surface area contributed by atoms with Gasteiger partial charge in [-0.2, -0.15) is 0 Å². The third kappa shape index (κ3) is 5.17. The van der Waals surface area contributed by atoms with E-state index in [1.54, 1.807) is 0 Å². The van der Waals surface area contributed by atoms with Crippen LogP contribution >= 0.6 is 0 Å². The van der Waals surface area contributed by atoms with Crippen molar-refractivity contribution in [2.45, 2.75) is 44.6 Å². The number of ether oxygens (including phenoxy) is 1. The van der Waals surface area contributed by atoms with Crippen molar-refractivity contribution >= 4 is 11.9 Å². The molecule has 1 fully saturated rings. The summed E-state index contributed by atoms with van der Waals surface area (Å²) in [4.78, 5) is 22.3. The van der Waals surface area contributed by atoms with Gasteiger partial charge in [0.05, 0.1) is 13.7 Å². The minimum absolute atomic E-state index is 0.0732. The van der Waals surface area contributed by atoms with Crippen molar-refractivity contribution in [2.24, 2.45) is 5.92 Å². The molecule has 1 aliphatic rings. The maximum Gasteiger partial charge on any atom is 0.336 e. The minimum Gasteiger partial charge on any atom is -0.467 e. The number of carbonyl (C=O) groups excluding carboxylic acids is 2. The summed E-state index contributed by atoms with van der Waals surface area (Å²) in [6.07, 6.45) is 5.09. The first-order valence-corrected chi connectivity index (χ1v) is 6.16. The molecule has 0 aliphatic heterocycles. The van der Waals surface area contributed by atoms with Crippen LogP contribution in [0.2, 0.25) is 0 Å². The maximum absolute atomic E-state index is 11.4. The topological polar surface area (TPSA) is 75.6 Å². The van der Waals surface area contributed by atoms with Crippen LogP contribution in [0.3, 0.4) is 0 Å². The summed E-state index contributed by atoms with van der Waals surface area (Å²) in [5, 5.41) is 11.8. The van der Waals surface area contributed by atoms with Gasteiger partial charge in [-0.25, -0.2) is 4.79 Å². The lowest BCUT2D eigenvalue weighted by Gasteiger charge is -2.11. The Morgan fingerprint density at radius 2 is 2.06 bits per heavy atom. The van der Waals surface area contributed by atoms with Crippen LogP contribution in [0.15, 0.2) is 0 Å². The standard InChI is InChI=1S/C12H21NO4/c1-17-12(16)10(14)8-13-11(15)7-6-9-4-2-3-5-9/h9-10,14H,2-8H2,1H3,(H,13,15). The molecule has 0 aromatic rings. The highest BCUT2D eigenvalue weighted by molar-refractivity contribution is 5.78. The molecule has 98 valence electrons. The first kappa shape index (κ1) is 14.0. The summed E-state index contributed by atoms with van der Waals surface area (Å²) in [5.41, 5.74) is 0. The van der Waals surface area contributed by atoms with E-state index < -0.39 is 12.1 Å². The zero-order valence-electron chi connectivity index (χ0n) is 10.3. The van der Waals surface area contributed by atoms with E-state index in [9.17, 15) is 14.7 Å². The number of hydrogen-bond donors (Lipinski definition) is 2. The molecule has 5 heteroatoms. The lowest BCUT2D eigenvalue weighted by atomic mass is 10.0. The number of methoxy groups -OCH3 is 1. The first-order chi connectivity index (χ1) is 8.13. The Bertz CT molecular complexity index is 261. The van der Waals surface area contributed by atoms with Gasteiger partial charge in [0.2, 0.25) is 5.91 Å². The van der Waals surface area contributed by atoms with Gasteiger partial charge in [-0.3, -0.25) is 4.79 Å². The van der Waals surface area contributed by atoms with Crippen molar-refractivity contribution in [2.75, 3.05) is 13.7 Å². The molecule has 0 aromatic heterocycles. The Hall–Kier alpha value is -1.10. The van der Waals surface area contributed by atoms with E-state index in [-0.39, 0.29) is 12.5 Å². The summed E-state index contributed by atoms with van der Waals surface area (Å²) in [7, 11) is 1.20. The molecule has 5 nitrogen and oxygen atoms in total. The Kier molecular flexibility index (Phi) is 5.97. The summed E-state index contributed by atoms with van der Waals surface area (Å²) in [5.74, 6) is -0.160. The highest BCUT2D eigenvalue weighted by atomic mass is 16.5. The second-order valence-electron chi connectivity index (χ2n) is 4.53. The van der Waals surface area contributed by atoms with Crippen molar-refractivity contribution in [3.05, 3.63) is 0 Å².